The molecule has 0 saturated heterocycles. The normalized spacial score (nSPS) is 13.0. The summed E-state index contributed by atoms with van der Waals surface area (Å²) in [7, 11) is -0.930. The summed E-state index contributed by atoms with van der Waals surface area (Å²) in [6.45, 7) is 0.156. The van der Waals surface area contributed by atoms with E-state index in [2.05, 4.69) is 0 Å². The standard InChI is InChI=1S/C6H11F2NO2S/c1-12(11)4-2-3-9-6(10)5(7)8/h5H,2-4H2,1H3,(H,9,10). The van der Waals surface area contributed by atoms with Crippen molar-refractivity contribution in [1.29, 1.82) is 0 Å². The van der Waals surface area contributed by atoms with Gasteiger partial charge in [-0.15, -0.1) is 0 Å². The number of rotatable bonds is 5. The van der Waals surface area contributed by atoms with Gasteiger partial charge >= 0.3 is 6.43 Å². The van der Waals surface area contributed by atoms with Crippen molar-refractivity contribution < 1.29 is 17.8 Å². The lowest BCUT2D eigenvalue weighted by molar-refractivity contribution is -0.131. The largest absolute Gasteiger partial charge is 0.351 e. The summed E-state index contributed by atoms with van der Waals surface area (Å²) in [5.74, 6) is -0.847. The van der Waals surface area contributed by atoms with Crippen molar-refractivity contribution in [3.63, 3.8) is 0 Å². The van der Waals surface area contributed by atoms with Crippen LogP contribution in [0.3, 0.4) is 0 Å². The Balaban J connectivity index is 3.32. The molecule has 0 aliphatic rings. The topological polar surface area (TPSA) is 46.2 Å². The summed E-state index contributed by atoms with van der Waals surface area (Å²) in [6, 6.07) is 0. The van der Waals surface area contributed by atoms with Gasteiger partial charge in [0.2, 0.25) is 0 Å². The molecule has 1 amide bonds. The number of hydrogen-bond acceptors (Lipinski definition) is 2. The molecule has 0 bridgehead atoms. The molecule has 72 valence electrons. The monoisotopic (exact) mass is 199 g/mol. The van der Waals surface area contributed by atoms with E-state index in [1.807, 2.05) is 5.32 Å². The van der Waals surface area contributed by atoms with Crippen LogP contribution in [0.25, 0.3) is 0 Å². The van der Waals surface area contributed by atoms with Gasteiger partial charge in [0.25, 0.3) is 5.91 Å². The average molecular weight is 199 g/mol. The van der Waals surface area contributed by atoms with Crippen molar-refractivity contribution in [1.82, 2.24) is 5.32 Å². The van der Waals surface area contributed by atoms with Gasteiger partial charge in [-0.05, 0) is 6.42 Å². The lowest BCUT2D eigenvalue weighted by Crippen LogP contribution is -2.30. The van der Waals surface area contributed by atoms with Gasteiger partial charge in [-0.2, -0.15) is 8.78 Å². The molecule has 0 aliphatic carbocycles. The molecule has 0 radical (unpaired) electrons. The molecular weight excluding hydrogens is 188 g/mol. The Labute approximate surface area is 72.0 Å². The summed E-state index contributed by atoms with van der Waals surface area (Å²) in [6.07, 6.45) is -0.978. The van der Waals surface area contributed by atoms with E-state index in [-0.39, 0.29) is 6.54 Å². The molecule has 6 heteroatoms. The van der Waals surface area contributed by atoms with E-state index < -0.39 is 23.1 Å². The third kappa shape index (κ3) is 6.21. The molecule has 0 spiro atoms. The first kappa shape index (κ1) is 11.5. The number of alkyl halides is 2. The molecule has 0 aliphatic heterocycles. The van der Waals surface area contributed by atoms with Crippen LogP contribution in [0.15, 0.2) is 0 Å². The fourth-order valence-corrected chi connectivity index (χ4v) is 1.12. The van der Waals surface area contributed by atoms with Crippen molar-refractivity contribution in [2.75, 3.05) is 18.6 Å². The number of hydrogen-bond donors (Lipinski definition) is 1. The molecule has 0 heterocycles. The Morgan fingerprint density at radius 3 is 2.58 bits per heavy atom. The van der Waals surface area contributed by atoms with E-state index in [0.717, 1.165) is 0 Å². The van der Waals surface area contributed by atoms with E-state index in [9.17, 15) is 17.8 Å². The summed E-state index contributed by atoms with van der Waals surface area (Å²) in [5, 5.41) is 2.01. The zero-order chi connectivity index (χ0) is 9.56. The molecule has 0 aromatic rings. The molecule has 1 N–H and O–H groups in total. The molecule has 12 heavy (non-hydrogen) atoms. The first-order valence-electron chi connectivity index (χ1n) is 3.40. The molecule has 0 rings (SSSR count). The Bertz CT molecular complexity index is 175. The number of nitrogens with one attached hydrogen (secondary N) is 1. The van der Waals surface area contributed by atoms with Crippen molar-refractivity contribution in [3.05, 3.63) is 0 Å². The van der Waals surface area contributed by atoms with Crippen LogP contribution in [0.4, 0.5) is 8.78 Å². The van der Waals surface area contributed by atoms with Crippen LogP contribution in [-0.2, 0) is 15.6 Å². The number of carbonyl (C=O) groups excluding carboxylic acids is 1. The van der Waals surface area contributed by atoms with Gasteiger partial charge in [0.1, 0.15) is 0 Å². The van der Waals surface area contributed by atoms with E-state index in [4.69, 9.17) is 0 Å². The minimum Gasteiger partial charge on any atom is -0.351 e. The van der Waals surface area contributed by atoms with Gasteiger partial charge in [-0.1, -0.05) is 0 Å². The van der Waals surface area contributed by atoms with E-state index >= 15 is 0 Å². The summed E-state index contributed by atoms with van der Waals surface area (Å²) >= 11 is 0. The maximum atomic E-state index is 11.5. The third-order valence-corrected chi connectivity index (χ3v) is 1.97. The second-order valence-corrected chi connectivity index (χ2v) is 3.78. The lowest BCUT2D eigenvalue weighted by atomic mass is 10.4. The van der Waals surface area contributed by atoms with Crippen LogP contribution in [0.1, 0.15) is 6.42 Å². The molecule has 3 nitrogen and oxygen atoms in total. The first-order chi connectivity index (χ1) is 5.54. The van der Waals surface area contributed by atoms with E-state index in [1.54, 1.807) is 0 Å². The Hall–Kier alpha value is -0.520. The quantitative estimate of drug-likeness (QED) is 0.640. The van der Waals surface area contributed by atoms with E-state index in [0.29, 0.717) is 12.2 Å². The first-order valence-corrected chi connectivity index (χ1v) is 5.12. The number of halogens is 2. The number of carbonyl (C=O) groups is 1. The molecule has 0 aromatic carbocycles. The summed E-state index contributed by atoms with van der Waals surface area (Å²) < 4.78 is 33.6. The van der Waals surface area contributed by atoms with Gasteiger partial charge in [0, 0.05) is 29.4 Å². The van der Waals surface area contributed by atoms with Gasteiger partial charge in [-0.25, -0.2) is 0 Å². The minimum absolute atomic E-state index is 0.156. The van der Waals surface area contributed by atoms with Gasteiger partial charge in [-0.3, -0.25) is 9.00 Å². The van der Waals surface area contributed by atoms with Crippen LogP contribution in [0, 0.1) is 0 Å². The fraction of sp³-hybridized carbons (Fsp3) is 0.833. The van der Waals surface area contributed by atoms with Crippen molar-refractivity contribution >= 4 is 16.7 Å². The maximum Gasteiger partial charge on any atom is 0.315 e. The number of amides is 1. The zero-order valence-corrected chi connectivity index (χ0v) is 7.50. The molecule has 0 fully saturated rings. The van der Waals surface area contributed by atoms with Crippen molar-refractivity contribution in [2.45, 2.75) is 12.8 Å². The smallest absolute Gasteiger partial charge is 0.315 e. The van der Waals surface area contributed by atoms with Crippen molar-refractivity contribution in [2.24, 2.45) is 0 Å². The predicted octanol–water partition coefficient (Wildman–Crippen LogP) is 0.136. The Morgan fingerprint density at radius 2 is 2.17 bits per heavy atom. The molecule has 1 atom stereocenters. The fourth-order valence-electron chi connectivity index (χ4n) is 0.564. The highest BCUT2D eigenvalue weighted by Gasteiger charge is 2.13. The molecule has 1 unspecified atom stereocenters. The van der Waals surface area contributed by atoms with Crippen LogP contribution >= 0.6 is 0 Å². The SMILES string of the molecule is CS(=O)CCCNC(=O)C(F)F. The van der Waals surface area contributed by atoms with Gasteiger partial charge in [0.05, 0.1) is 0 Å². The predicted molar refractivity (Wildman–Crippen MR) is 42.6 cm³/mol. The highest BCUT2D eigenvalue weighted by molar-refractivity contribution is 7.84. The Kier molecular flexibility index (Phi) is 5.79. The van der Waals surface area contributed by atoms with Crippen LogP contribution in [0.2, 0.25) is 0 Å². The van der Waals surface area contributed by atoms with Gasteiger partial charge < -0.3 is 5.32 Å². The molecule has 0 saturated carbocycles. The lowest BCUT2D eigenvalue weighted by Gasteiger charge is -2.02. The van der Waals surface area contributed by atoms with E-state index in [1.165, 1.54) is 6.26 Å². The second-order valence-electron chi connectivity index (χ2n) is 2.22. The zero-order valence-electron chi connectivity index (χ0n) is 6.68. The summed E-state index contributed by atoms with van der Waals surface area (Å²) in [5.41, 5.74) is 0. The van der Waals surface area contributed by atoms with Crippen molar-refractivity contribution in [3.8, 4) is 0 Å². The van der Waals surface area contributed by atoms with Crippen LogP contribution < -0.4 is 5.32 Å². The average Bonchev–Trinajstić information content (AvgIpc) is 1.97. The van der Waals surface area contributed by atoms with Crippen LogP contribution in [-0.4, -0.2) is 35.1 Å². The second kappa shape index (κ2) is 6.05. The van der Waals surface area contributed by atoms with Gasteiger partial charge in [0.15, 0.2) is 0 Å². The summed E-state index contributed by atoms with van der Waals surface area (Å²) in [4.78, 5) is 10.3. The Morgan fingerprint density at radius 1 is 1.58 bits per heavy atom. The maximum absolute atomic E-state index is 11.5. The third-order valence-electron chi connectivity index (χ3n) is 1.11. The molecular formula is C6H11F2NO2S. The minimum atomic E-state index is -2.96. The molecule has 0 aromatic heterocycles. The highest BCUT2D eigenvalue weighted by atomic mass is 32.2. The highest BCUT2D eigenvalue weighted by Crippen LogP contribution is 1.90. The van der Waals surface area contributed by atoms with Crippen LogP contribution in [0.5, 0.6) is 0 Å².